The molecule has 0 aliphatic carbocycles. The van der Waals surface area contributed by atoms with Gasteiger partial charge in [-0.1, -0.05) is 22.9 Å². The number of benzene rings is 1. The predicted octanol–water partition coefficient (Wildman–Crippen LogP) is 2.40. The zero-order valence-corrected chi connectivity index (χ0v) is 11.2. The zero-order chi connectivity index (χ0) is 13.3. The minimum absolute atomic E-state index is 0.118. The quantitative estimate of drug-likeness (QED) is 0.925. The summed E-state index contributed by atoms with van der Waals surface area (Å²) < 4.78 is 31.5. The van der Waals surface area contributed by atoms with E-state index in [1.165, 1.54) is 6.07 Å². The summed E-state index contributed by atoms with van der Waals surface area (Å²) in [6.45, 7) is 5.39. The van der Waals surface area contributed by atoms with Crippen LogP contribution in [0.4, 0.5) is 5.88 Å². The number of aryl methyl sites for hydroxylation is 3. The molecule has 0 saturated carbocycles. The molecule has 0 unspecified atom stereocenters. The molecular weight excluding hydrogens is 252 g/mol. The molecule has 0 spiro atoms. The van der Waals surface area contributed by atoms with Crippen LogP contribution in [0.25, 0.3) is 0 Å². The number of aromatic nitrogens is 1. The first-order valence-corrected chi connectivity index (χ1v) is 6.90. The highest BCUT2D eigenvalue weighted by Gasteiger charge is 2.18. The Morgan fingerprint density at radius 2 is 1.89 bits per heavy atom. The summed E-state index contributed by atoms with van der Waals surface area (Å²) in [6.07, 6.45) is 0. The molecule has 5 nitrogen and oxygen atoms in total. The van der Waals surface area contributed by atoms with Gasteiger partial charge in [-0.15, -0.1) is 0 Å². The Balaban J connectivity index is 2.36. The number of rotatable bonds is 3. The van der Waals surface area contributed by atoms with E-state index in [9.17, 15) is 8.42 Å². The second-order valence-electron chi connectivity index (χ2n) is 4.21. The lowest BCUT2D eigenvalue weighted by Gasteiger charge is -2.08. The van der Waals surface area contributed by atoms with Crippen LogP contribution < -0.4 is 4.72 Å². The van der Waals surface area contributed by atoms with Gasteiger partial charge in [0.15, 0.2) is 0 Å². The van der Waals surface area contributed by atoms with E-state index in [1.54, 1.807) is 26.0 Å². The lowest BCUT2D eigenvalue weighted by molar-refractivity contribution is 0.430. The molecule has 0 radical (unpaired) electrons. The fourth-order valence-corrected chi connectivity index (χ4v) is 2.90. The van der Waals surface area contributed by atoms with Crippen molar-refractivity contribution in [2.24, 2.45) is 0 Å². The fraction of sp³-hybridized carbons (Fsp3) is 0.250. The summed E-state index contributed by atoms with van der Waals surface area (Å²) in [7, 11) is -3.63. The van der Waals surface area contributed by atoms with E-state index in [0.717, 1.165) is 5.56 Å². The molecule has 0 fully saturated rings. The summed E-state index contributed by atoms with van der Waals surface area (Å²) in [5.74, 6) is 0.118. The Morgan fingerprint density at radius 1 is 1.17 bits per heavy atom. The molecule has 1 aromatic carbocycles. The SMILES string of the molecule is Cc1ccc(S(=O)(=O)Nc2cc(C)no2)c(C)c1. The van der Waals surface area contributed by atoms with Gasteiger partial charge < -0.3 is 4.52 Å². The first-order chi connectivity index (χ1) is 8.38. The molecule has 1 aromatic heterocycles. The van der Waals surface area contributed by atoms with Crippen molar-refractivity contribution in [1.82, 2.24) is 5.16 Å². The summed E-state index contributed by atoms with van der Waals surface area (Å²) >= 11 is 0. The van der Waals surface area contributed by atoms with Gasteiger partial charge in [0.1, 0.15) is 0 Å². The van der Waals surface area contributed by atoms with E-state index in [4.69, 9.17) is 4.52 Å². The monoisotopic (exact) mass is 266 g/mol. The molecule has 0 aliphatic rings. The predicted molar refractivity (Wildman–Crippen MR) is 68.0 cm³/mol. The number of hydrogen-bond donors (Lipinski definition) is 1. The Hall–Kier alpha value is -1.82. The molecule has 0 amide bonds. The third kappa shape index (κ3) is 2.53. The fourth-order valence-electron chi connectivity index (χ4n) is 1.70. The third-order valence-electron chi connectivity index (χ3n) is 2.48. The maximum absolute atomic E-state index is 12.1. The Bertz CT molecular complexity index is 674. The van der Waals surface area contributed by atoms with E-state index in [0.29, 0.717) is 11.3 Å². The Kier molecular flexibility index (Phi) is 3.13. The van der Waals surface area contributed by atoms with Crippen LogP contribution in [0.3, 0.4) is 0 Å². The largest absolute Gasteiger partial charge is 0.338 e. The lowest BCUT2D eigenvalue weighted by atomic mass is 10.2. The highest BCUT2D eigenvalue weighted by molar-refractivity contribution is 7.92. The topological polar surface area (TPSA) is 72.2 Å². The molecule has 96 valence electrons. The van der Waals surface area contributed by atoms with Crippen LogP contribution in [0, 0.1) is 20.8 Å². The summed E-state index contributed by atoms with van der Waals surface area (Å²) in [5, 5.41) is 3.63. The summed E-state index contributed by atoms with van der Waals surface area (Å²) in [5.41, 5.74) is 2.33. The Morgan fingerprint density at radius 3 is 2.44 bits per heavy atom. The molecule has 2 rings (SSSR count). The van der Waals surface area contributed by atoms with Crippen molar-refractivity contribution in [1.29, 1.82) is 0 Å². The van der Waals surface area contributed by atoms with Crippen molar-refractivity contribution >= 4 is 15.9 Å². The van der Waals surface area contributed by atoms with Crippen molar-refractivity contribution in [3.8, 4) is 0 Å². The molecule has 2 aromatic rings. The number of anilines is 1. The van der Waals surface area contributed by atoms with Gasteiger partial charge in [-0.25, -0.2) is 13.1 Å². The van der Waals surface area contributed by atoms with Crippen LogP contribution in [0.1, 0.15) is 16.8 Å². The maximum atomic E-state index is 12.1. The Labute approximate surface area is 106 Å². The van der Waals surface area contributed by atoms with Gasteiger partial charge in [-0.3, -0.25) is 0 Å². The number of nitrogens with one attached hydrogen (secondary N) is 1. The summed E-state index contributed by atoms with van der Waals surface area (Å²) in [4.78, 5) is 0.238. The minimum atomic E-state index is -3.63. The van der Waals surface area contributed by atoms with Crippen molar-refractivity contribution < 1.29 is 12.9 Å². The molecule has 1 N–H and O–H groups in total. The smallest absolute Gasteiger partial charge is 0.264 e. The van der Waals surface area contributed by atoms with Gasteiger partial charge in [-0.2, -0.15) is 0 Å². The van der Waals surface area contributed by atoms with E-state index in [-0.39, 0.29) is 10.8 Å². The molecule has 0 bridgehead atoms. The lowest BCUT2D eigenvalue weighted by Crippen LogP contribution is -2.13. The van der Waals surface area contributed by atoms with Crippen molar-refractivity contribution in [3.63, 3.8) is 0 Å². The normalized spacial score (nSPS) is 11.5. The van der Waals surface area contributed by atoms with Crippen molar-refractivity contribution in [2.45, 2.75) is 25.7 Å². The number of nitrogens with zero attached hydrogens (tertiary/aromatic N) is 1. The molecule has 18 heavy (non-hydrogen) atoms. The highest BCUT2D eigenvalue weighted by atomic mass is 32.2. The van der Waals surface area contributed by atoms with Gasteiger partial charge in [0, 0.05) is 6.07 Å². The van der Waals surface area contributed by atoms with E-state index in [2.05, 4.69) is 9.88 Å². The molecule has 0 saturated heterocycles. The van der Waals surface area contributed by atoms with Crippen molar-refractivity contribution in [2.75, 3.05) is 4.72 Å². The van der Waals surface area contributed by atoms with Gasteiger partial charge in [0.05, 0.1) is 10.6 Å². The van der Waals surface area contributed by atoms with Gasteiger partial charge >= 0.3 is 0 Å². The first-order valence-electron chi connectivity index (χ1n) is 5.42. The van der Waals surface area contributed by atoms with E-state index in [1.807, 2.05) is 13.0 Å². The first kappa shape index (κ1) is 12.6. The molecular formula is C12H14N2O3S. The molecule has 1 heterocycles. The second kappa shape index (κ2) is 4.45. The standard InChI is InChI=1S/C12H14N2O3S/c1-8-4-5-11(9(2)6-8)18(15,16)14-12-7-10(3)13-17-12/h4-7,14H,1-3H3. The molecule has 6 heteroatoms. The van der Waals surface area contributed by atoms with Crippen LogP contribution >= 0.6 is 0 Å². The zero-order valence-electron chi connectivity index (χ0n) is 10.4. The van der Waals surface area contributed by atoms with Crippen LogP contribution in [-0.4, -0.2) is 13.6 Å². The van der Waals surface area contributed by atoms with Gasteiger partial charge in [-0.05, 0) is 32.4 Å². The molecule has 0 aliphatic heterocycles. The van der Waals surface area contributed by atoms with Gasteiger partial charge in [0.2, 0.25) is 5.88 Å². The van der Waals surface area contributed by atoms with Crippen LogP contribution in [-0.2, 0) is 10.0 Å². The summed E-state index contributed by atoms with van der Waals surface area (Å²) in [6, 6.07) is 6.69. The van der Waals surface area contributed by atoms with E-state index >= 15 is 0 Å². The number of hydrogen-bond acceptors (Lipinski definition) is 4. The number of sulfonamides is 1. The average Bonchev–Trinajstić information content (AvgIpc) is 2.62. The maximum Gasteiger partial charge on any atom is 0.264 e. The second-order valence-corrected chi connectivity index (χ2v) is 5.86. The molecule has 0 atom stereocenters. The van der Waals surface area contributed by atoms with Crippen LogP contribution in [0.15, 0.2) is 33.7 Å². The highest BCUT2D eigenvalue weighted by Crippen LogP contribution is 2.20. The third-order valence-corrected chi connectivity index (χ3v) is 3.99. The minimum Gasteiger partial charge on any atom is -0.338 e. The van der Waals surface area contributed by atoms with Crippen LogP contribution in [0.2, 0.25) is 0 Å². The van der Waals surface area contributed by atoms with Crippen LogP contribution in [0.5, 0.6) is 0 Å². The van der Waals surface area contributed by atoms with Crippen molar-refractivity contribution in [3.05, 3.63) is 41.1 Å². The average molecular weight is 266 g/mol. The van der Waals surface area contributed by atoms with E-state index < -0.39 is 10.0 Å². The van der Waals surface area contributed by atoms with Gasteiger partial charge in [0.25, 0.3) is 10.0 Å².